The van der Waals surface area contributed by atoms with Gasteiger partial charge in [-0.3, -0.25) is 0 Å². The van der Waals surface area contributed by atoms with E-state index < -0.39 is 17.8 Å². The number of benzene rings is 1. The van der Waals surface area contributed by atoms with Gasteiger partial charge in [-0.2, -0.15) is 11.3 Å². The average molecular weight is 280 g/mol. The van der Waals surface area contributed by atoms with E-state index in [9.17, 15) is 14.0 Å². The summed E-state index contributed by atoms with van der Waals surface area (Å²) < 4.78 is 13.1. The second-order valence-electron chi connectivity index (χ2n) is 3.59. The van der Waals surface area contributed by atoms with Crippen molar-refractivity contribution in [3.63, 3.8) is 0 Å². The summed E-state index contributed by atoms with van der Waals surface area (Å²) in [4.78, 5) is 22.6. The standard InChI is InChI=1S/C12H9FN2O3S/c13-7-1-2-9(11(16)17)10(5-7)15-12(18)14-8-3-4-19-6-8/h1-6H,(H,16,17)(H2,14,15,18). The number of nitrogens with one attached hydrogen (secondary N) is 2. The lowest BCUT2D eigenvalue weighted by molar-refractivity contribution is 0.0698. The third-order valence-corrected chi connectivity index (χ3v) is 2.92. The minimum Gasteiger partial charge on any atom is -0.478 e. The van der Waals surface area contributed by atoms with Crippen LogP contribution in [0.4, 0.5) is 20.6 Å². The molecule has 0 aliphatic carbocycles. The molecule has 0 saturated heterocycles. The lowest BCUT2D eigenvalue weighted by Crippen LogP contribution is -2.20. The first-order valence-corrected chi connectivity index (χ1v) is 6.13. The van der Waals surface area contributed by atoms with Crippen LogP contribution in [0.2, 0.25) is 0 Å². The van der Waals surface area contributed by atoms with Crippen LogP contribution in [0.5, 0.6) is 0 Å². The predicted octanol–water partition coefficient (Wildman–Crippen LogP) is 3.23. The second-order valence-corrected chi connectivity index (χ2v) is 4.37. The molecule has 0 unspecified atom stereocenters. The van der Waals surface area contributed by atoms with Gasteiger partial charge < -0.3 is 15.7 Å². The Kier molecular flexibility index (Phi) is 3.76. The number of urea groups is 1. The Bertz CT molecular complexity index is 613. The molecule has 0 radical (unpaired) electrons. The topological polar surface area (TPSA) is 78.4 Å². The van der Waals surface area contributed by atoms with Crippen molar-refractivity contribution in [3.8, 4) is 0 Å². The average Bonchev–Trinajstić information content (AvgIpc) is 2.81. The van der Waals surface area contributed by atoms with E-state index in [0.717, 1.165) is 18.2 Å². The molecule has 0 aliphatic rings. The fraction of sp³-hybridized carbons (Fsp3) is 0. The van der Waals surface area contributed by atoms with Crippen LogP contribution in [0.1, 0.15) is 10.4 Å². The first kappa shape index (κ1) is 13.0. The van der Waals surface area contributed by atoms with E-state index >= 15 is 0 Å². The minimum atomic E-state index is -1.24. The highest BCUT2D eigenvalue weighted by Gasteiger charge is 2.13. The normalized spacial score (nSPS) is 9.95. The number of carboxylic acids is 1. The Morgan fingerprint density at radius 1 is 1.21 bits per heavy atom. The Morgan fingerprint density at radius 3 is 2.63 bits per heavy atom. The van der Waals surface area contributed by atoms with E-state index in [0.29, 0.717) is 5.69 Å². The number of aromatic carboxylic acids is 1. The molecule has 0 bridgehead atoms. The molecule has 1 aromatic carbocycles. The molecule has 0 fully saturated rings. The van der Waals surface area contributed by atoms with Crippen molar-refractivity contribution in [1.29, 1.82) is 0 Å². The molecule has 0 spiro atoms. The lowest BCUT2D eigenvalue weighted by atomic mass is 10.2. The first-order valence-electron chi connectivity index (χ1n) is 5.19. The molecule has 0 saturated carbocycles. The van der Waals surface area contributed by atoms with Crippen molar-refractivity contribution in [2.45, 2.75) is 0 Å². The maximum Gasteiger partial charge on any atom is 0.337 e. The minimum absolute atomic E-state index is 0.0970. The fourth-order valence-corrected chi connectivity index (χ4v) is 2.01. The number of anilines is 2. The Morgan fingerprint density at radius 2 is 2.00 bits per heavy atom. The number of thiophene rings is 1. The molecule has 3 N–H and O–H groups in total. The van der Waals surface area contributed by atoms with Gasteiger partial charge in [0.15, 0.2) is 0 Å². The van der Waals surface area contributed by atoms with Crippen LogP contribution in [0, 0.1) is 5.82 Å². The van der Waals surface area contributed by atoms with Crippen molar-refractivity contribution >= 4 is 34.7 Å². The van der Waals surface area contributed by atoms with Gasteiger partial charge in [-0.15, -0.1) is 0 Å². The number of hydrogen-bond donors (Lipinski definition) is 3. The monoisotopic (exact) mass is 280 g/mol. The first-order chi connectivity index (χ1) is 9.06. The molecule has 2 amide bonds. The molecule has 0 atom stereocenters. The van der Waals surface area contributed by atoms with Gasteiger partial charge in [0.2, 0.25) is 0 Å². The largest absolute Gasteiger partial charge is 0.478 e. The smallest absolute Gasteiger partial charge is 0.337 e. The number of hydrogen-bond acceptors (Lipinski definition) is 3. The van der Waals surface area contributed by atoms with Crippen LogP contribution in [-0.2, 0) is 0 Å². The van der Waals surface area contributed by atoms with Gasteiger partial charge in [-0.25, -0.2) is 14.0 Å². The molecule has 2 aromatic rings. The van der Waals surface area contributed by atoms with Gasteiger partial charge in [-0.05, 0) is 29.6 Å². The van der Waals surface area contributed by atoms with E-state index in [1.54, 1.807) is 16.8 Å². The van der Waals surface area contributed by atoms with Crippen LogP contribution in [0.15, 0.2) is 35.0 Å². The van der Waals surface area contributed by atoms with E-state index in [4.69, 9.17) is 5.11 Å². The SMILES string of the molecule is O=C(Nc1ccsc1)Nc1cc(F)ccc1C(=O)O. The Labute approximate surface area is 111 Å². The van der Waals surface area contributed by atoms with Crippen molar-refractivity contribution in [2.24, 2.45) is 0 Å². The zero-order valence-corrected chi connectivity index (χ0v) is 10.3. The fourth-order valence-electron chi connectivity index (χ4n) is 1.43. The molecular weight excluding hydrogens is 271 g/mol. The van der Waals surface area contributed by atoms with E-state index in [2.05, 4.69) is 10.6 Å². The van der Waals surface area contributed by atoms with Crippen molar-refractivity contribution < 1.29 is 19.1 Å². The number of rotatable bonds is 3. The van der Waals surface area contributed by atoms with Crippen LogP contribution in [0.3, 0.4) is 0 Å². The Hall–Kier alpha value is -2.41. The summed E-state index contributed by atoms with van der Waals surface area (Å²) in [5, 5.41) is 17.2. The number of halogens is 1. The summed E-state index contributed by atoms with van der Waals surface area (Å²) in [6.45, 7) is 0. The summed E-state index contributed by atoms with van der Waals surface area (Å²) in [6.07, 6.45) is 0. The molecule has 5 nitrogen and oxygen atoms in total. The lowest BCUT2D eigenvalue weighted by Gasteiger charge is -2.09. The summed E-state index contributed by atoms with van der Waals surface area (Å²) in [7, 11) is 0. The van der Waals surface area contributed by atoms with Crippen molar-refractivity contribution in [2.75, 3.05) is 10.6 Å². The number of carboxylic acid groups (broad SMARTS) is 1. The highest BCUT2D eigenvalue weighted by atomic mass is 32.1. The third kappa shape index (κ3) is 3.29. The molecule has 19 heavy (non-hydrogen) atoms. The highest BCUT2D eigenvalue weighted by molar-refractivity contribution is 7.08. The molecular formula is C12H9FN2O3S. The molecule has 1 heterocycles. The zero-order valence-electron chi connectivity index (χ0n) is 9.51. The summed E-state index contributed by atoms with van der Waals surface area (Å²) >= 11 is 1.40. The van der Waals surface area contributed by atoms with Crippen LogP contribution >= 0.6 is 11.3 Å². The van der Waals surface area contributed by atoms with E-state index in [1.165, 1.54) is 11.3 Å². The van der Waals surface area contributed by atoms with Crippen LogP contribution in [-0.4, -0.2) is 17.1 Å². The third-order valence-electron chi connectivity index (χ3n) is 2.24. The quantitative estimate of drug-likeness (QED) is 0.807. The van der Waals surface area contributed by atoms with Crippen LogP contribution < -0.4 is 10.6 Å². The van der Waals surface area contributed by atoms with E-state index in [1.807, 2.05) is 0 Å². The summed E-state index contributed by atoms with van der Waals surface area (Å²) in [5.41, 5.74) is 0.304. The summed E-state index contributed by atoms with van der Waals surface area (Å²) in [5.74, 6) is -1.87. The molecule has 0 aliphatic heterocycles. The molecule has 1 aromatic heterocycles. The van der Waals surface area contributed by atoms with Crippen LogP contribution in [0.25, 0.3) is 0 Å². The van der Waals surface area contributed by atoms with Gasteiger partial charge >= 0.3 is 12.0 Å². The van der Waals surface area contributed by atoms with Gasteiger partial charge in [0.25, 0.3) is 0 Å². The van der Waals surface area contributed by atoms with E-state index in [-0.39, 0.29) is 11.3 Å². The van der Waals surface area contributed by atoms with Gasteiger partial charge in [0.1, 0.15) is 5.82 Å². The second kappa shape index (κ2) is 5.49. The maximum absolute atomic E-state index is 13.1. The van der Waals surface area contributed by atoms with Gasteiger partial charge in [0, 0.05) is 5.38 Å². The van der Waals surface area contributed by atoms with Gasteiger partial charge in [0.05, 0.1) is 16.9 Å². The highest BCUT2D eigenvalue weighted by Crippen LogP contribution is 2.18. The maximum atomic E-state index is 13.1. The number of amides is 2. The zero-order chi connectivity index (χ0) is 13.8. The predicted molar refractivity (Wildman–Crippen MR) is 70.3 cm³/mol. The Balaban J connectivity index is 2.16. The number of carbonyl (C=O) groups excluding carboxylic acids is 1. The molecule has 98 valence electrons. The van der Waals surface area contributed by atoms with Crippen molar-refractivity contribution in [1.82, 2.24) is 0 Å². The molecule has 7 heteroatoms. The number of carbonyl (C=O) groups is 2. The van der Waals surface area contributed by atoms with Crippen molar-refractivity contribution in [3.05, 3.63) is 46.4 Å². The van der Waals surface area contributed by atoms with Gasteiger partial charge in [-0.1, -0.05) is 0 Å². The molecule has 2 rings (SSSR count). The summed E-state index contributed by atoms with van der Waals surface area (Å²) in [6, 6.07) is 4.12.